The first-order chi connectivity index (χ1) is 10.3. The minimum Gasteiger partial charge on any atom is -0.465 e. The molecular weight excluding hydrogens is 309 g/mol. The van der Waals surface area contributed by atoms with Crippen molar-refractivity contribution < 1.29 is 22.3 Å². The lowest BCUT2D eigenvalue weighted by atomic mass is 10.2. The molecule has 2 aromatic carbocycles. The van der Waals surface area contributed by atoms with Crippen molar-refractivity contribution >= 4 is 21.7 Å². The van der Waals surface area contributed by atoms with Crippen molar-refractivity contribution in [1.82, 2.24) is 0 Å². The fraction of sp³-hybridized carbons (Fsp3) is 0.133. The van der Waals surface area contributed by atoms with Crippen LogP contribution in [0.25, 0.3) is 0 Å². The van der Waals surface area contributed by atoms with E-state index in [0.29, 0.717) is 5.56 Å². The number of aryl methyl sites for hydroxylation is 1. The van der Waals surface area contributed by atoms with E-state index in [4.69, 9.17) is 0 Å². The summed E-state index contributed by atoms with van der Waals surface area (Å²) in [6.45, 7) is 1.57. The van der Waals surface area contributed by atoms with Crippen LogP contribution in [-0.2, 0) is 14.8 Å². The molecule has 22 heavy (non-hydrogen) atoms. The van der Waals surface area contributed by atoms with Gasteiger partial charge in [-0.05, 0) is 36.8 Å². The van der Waals surface area contributed by atoms with Crippen molar-refractivity contribution in [3.8, 4) is 0 Å². The summed E-state index contributed by atoms with van der Waals surface area (Å²) in [7, 11) is -2.88. The Bertz CT molecular complexity index is 818. The molecule has 0 aliphatic heterocycles. The molecule has 0 radical (unpaired) electrons. The summed E-state index contributed by atoms with van der Waals surface area (Å²) in [5.74, 6) is -1.29. The average Bonchev–Trinajstić information content (AvgIpc) is 2.50. The number of anilines is 1. The number of ether oxygens (including phenoxy) is 1. The van der Waals surface area contributed by atoms with Crippen molar-refractivity contribution in [3.05, 3.63) is 59.4 Å². The topological polar surface area (TPSA) is 72.5 Å². The van der Waals surface area contributed by atoms with Crippen LogP contribution in [0.15, 0.2) is 47.4 Å². The van der Waals surface area contributed by atoms with Gasteiger partial charge in [0.1, 0.15) is 10.7 Å². The molecule has 7 heteroatoms. The summed E-state index contributed by atoms with van der Waals surface area (Å²) in [5.41, 5.74) is 0.380. The zero-order chi connectivity index (χ0) is 16.3. The van der Waals surface area contributed by atoms with Crippen LogP contribution in [0.1, 0.15) is 15.9 Å². The molecule has 0 atom stereocenters. The van der Waals surface area contributed by atoms with Crippen LogP contribution in [0.5, 0.6) is 0 Å². The van der Waals surface area contributed by atoms with Crippen molar-refractivity contribution in [2.75, 3.05) is 11.8 Å². The normalized spacial score (nSPS) is 11.0. The van der Waals surface area contributed by atoms with E-state index < -0.39 is 21.8 Å². The first kappa shape index (κ1) is 16.0. The smallest absolute Gasteiger partial charge is 0.339 e. The van der Waals surface area contributed by atoms with Crippen molar-refractivity contribution in [2.24, 2.45) is 0 Å². The first-order valence-electron chi connectivity index (χ1n) is 6.31. The van der Waals surface area contributed by atoms with Gasteiger partial charge in [-0.25, -0.2) is 17.6 Å². The molecule has 0 saturated carbocycles. The molecule has 0 unspecified atom stereocenters. The summed E-state index contributed by atoms with van der Waals surface area (Å²) >= 11 is 0. The maximum absolute atomic E-state index is 13.5. The van der Waals surface area contributed by atoms with Gasteiger partial charge in [0.2, 0.25) is 0 Å². The van der Waals surface area contributed by atoms with E-state index in [2.05, 4.69) is 9.46 Å². The van der Waals surface area contributed by atoms with E-state index in [1.165, 1.54) is 36.4 Å². The zero-order valence-corrected chi connectivity index (χ0v) is 12.8. The van der Waals surface area contributed by atoms with Crippen LogP contribution in [0.3, 0.4) is 0 Å². The highest BCUT2D eigenvalue weighted by Gasteiger charge is 2.22. The second-order valence-corrected chi connectivity index (χ2v) is 6.21. The van der Waals surface area contributed by atoms with Crippen LogP contribution in [-0.4, -0.2) is 21.5 Å². The number of halogens is 1. The number of rotatable bonds is 4. The SMILES string of the molecule is COC(=O)c1ccccc1S(=O)(=O)Nc1ccc(C)c(F)c1. The quantitative estimate of drug-likeness (QED) is 0.878. The lowest BCUT2D eigenvalue weighted by Crippen LogP contribution is -2.17. The molecule has 5 nitrogen and oxygen atoms in total. The van der Waals surface area contributed by atoms with Crippen LogP contribution >= 0.6 is 0 Å². The Morgan fingerprint density at radius 2 is 1.86 bits per heavy atom. The minimum absolute atomic E-state index is 0.0720. The summed E-state index contributed by atoms with van der Waals surface area (Å²) in [6.07, 6.45) is 0. The Hall–Kier alpha value is -2.41. The first-order valence-corrected chi connectivity index (χ1v) is 7.80. The van der Waals surface area contributed by atoms with E-state index in [9.17, 15) is 17.6 Å². The summed E-state index contributed by atoms with van der Waals surface area (Å²) in [4.78, 5) is 11.4. The van der Waals surface area contributed by atoms with E-state index >= 15 is 0 Å². The second kappa shape index (κ2) is 6.15. The van der Waals surface area contributed by atoms with Crippen molar-refractivity contribution in [2.45, 2.75) is 11.8 Å². The summed E-state index contributed by atoms with van der Waals surface area (Å²) < 4.78 is 45.1. The monoisotopic (exact) mass is 323 g/mol. The molecule has 0 aliphatic carbocycles. The van der Waals surface area contributed by atoms with Crippen molar-refractivity contribution in [3.63, 3.8) is 0 Å². The molecule has 2 aromatic rings. The van der Waals surface area contributed by atoms with Gasteiger partial charge in [-0.3, -0.25) is 4.72 Å². The number of esters is 1. The molecule has 0 aromatic heterocycles. The van der Waals surface area contributed by atoms with Gasteiger partial charge in [-0.1, -0.05) is 18.2 Å². The third kappa shape index (κ3) is 3.25. The van der Waals surface area contributed by atoms with Gasteiger partial charge in [-0.15, -0.1) is 0 Å². The molecule has 0 fully saturated rings. The molecule has 0 saturated heterocycles. The van der Waals surface area contributed by atoms with Crippen LogP contribution < -0.4 is 4.72 Å². The average molecular weight is 323 g/mol. The zero-order valence-electron chi connectivity index (χ0n) is 12.0. The molecule has 0 bridgehead atoms. The Balaban J connectivity index is 2.43. The fourth-order valence-electron chi connectivity index (χ4n) is 1.85. The van der Waals surface area contributed by atoms with E-state index in [1.807, 2.05) is 0 Å². The standard InChI is InChI=1S/C15H14FNO4S/c1-10-7-8-11(9-13(10)16)17-22(19,20)14-6-4-3-5-12(14)15(18)21-2/h3-9,17H,1-2H3. The predicted octanol–water partition coefficient (Wildman–Crippen LogP) is 2.72. The van der Waals surface area contributed by atoms with Crippen LogP contribution in [0.4, 0.5) is 10.1 Å². The number of nitrogens with one attached hydrogen (secondary N) is 1. The van der Waals surface area contributed by atoms with E-state index in [0.717, 1.165) is 13.2 Å². The van der Waals surface area contributed by atoms with Gasteiger partial charge in [0.05, 0.1) is 18.4 Å². The van der Waals surface area contributed by atoms with Crippen LogP contribution in [0.2, 0.25) is 0 Å². The fourth-order valence-corrected chi connectivity index (χ4v) is 3.09. The number of benzene rings is 2. The lowest BCUT2D eigenvalue weighted by molar-refractivity contribution is 0.0596. The number of methoxy groups -OCH3 is 1. The van der Waals surface area contributed by atoms with Gasteiger partial charge >= 0.3 is 5.97 Å². The van der Waals surface area contributed by atoms with E-state index in [1.54, 1.807) is 6.92 Å². The van der Waals surface area contributed by atoms with Gasteiger partial charge in [0.25, 0.3) is 10.0 Å². The molecule has 2 rings (SSSR count). The lowest BCUT2D eigenvalue weighted by Gasteiger charge is -2.11. The molecule has 0 heterocycles. The van der Waals surface area contributed by atoms with Gasteiger partial charge in [0.15, 0.2) is 0 Å². The number of carbonyl (C=O) groups excluding carboxylic acids is 1. The largest absolute Gasteiger partial charge is 0.465 e. The highest BCUT2D eigenvalue weighted by Crippen LogP contribution is 2.21. The number of hydrogen-bond donors (Lipinski definition) is 1. The summed E-state index contributed by atoms with van der Waals surface area (Å²) in [6, 6.07) is 9.60. The maximum Gasteiger partial charge on any atom is 0.339 e. The molecule has 116 valence electrons. The van der Waals surface area contributed by atoms with Gasteiger partial charge < -0.3 is 4.74 Å². The molecule has 1 N–H and O–H groups in total. The Morgan fingerprint density at radius 3 is 2.50 bits per heavy atom. The predicted molar refractivity (Wildman–Crippen MR) is 79.7 cm³/mol. The molecule has 0 amide bonds. The Morgan fingerprint density at radius 1 is 1.18 bits per heavy atom. The third-order valence-electron chi connectivity index (χ3n) is 3.01. The maximum atomic E-state index is 13.5. The summed E-state index contributed by atoms with van der Waals surface area (Å²) in [5, 5.41) is 0. The number of hydrogen-bond acceptors (Lipinski definition) is 4. The van der Waals surface area contributed by atoms with E-state index in [-0.39, 0.29) is 16.1 Å². The highest BCUT2D eigenvalue weighted by atomic mass is 32.2. The molecule has 0 spiro atoms. The highest BCUT2D eigenvalue weighted by molar-refractivity contribution is 7.92. The second-order valence-electron chi connectivity index (χ2n) is 4.56. The van der Waals surface area contributed by atoms with Gasteiger partial charge in [0, 0.05) is 0 Å². The third-order valence-corrected chi connectivity index (χ3v) is 4.45. The minimum atomic E-state index is -4.05. The van der Waals surface area contributed by atoms with Crippen molar-refractivity contribution in [1.29, 1.82) is 0 Å². The van der Waals surface area contributed by atoms with Crippen LogP contribution in [0, 0.1) is 12.7 Å². The number of sulfonamides is 1. The Kier molecular flexibility index (Phi) is 4.46. The van der Waals surface area contributed by atoms with Gasteiger partial charge in [-0.2, -0.15) is 0 Å². The molecular formula is C15H14FNO4S. The Labute approximate surface area is 127 Å². The molecule has 0 aliphatic rings. The number of carbonyl (C=O) groups is 1.